The monoisotopic (exact) mass is 191 g/mol. The summed E-state index contributed by atoms with van der Waals surface area (Å²) in [5.41, 5.74) is 4.96. The summed E-state index contributed by atoms with van der Waals surface area (Å²) < 4.78 is 0. The second-order valence-electron chi connectivity index (χ2n) is 4.08. The van der Waals surface area contributed by atoms with E-state index in [4.69, 9.17) is 0 Å². The van der Waals surface area contributed by atoms with Gasteiger partial charge in [0, 0.05) is 11.3 Å². The number of aromatic nitrogens is 1. The highest BCUT2D eigenvalue weighted by Gasteiger charge is 2.16. The van der Waals surface area contributed by atoms with Crippen LogP contribution in [0.1, 0.15) is 42.1 Å². The number of fused-ring (bicyclic) bond motifs is 1. The number of hydrogen-bond acceptors (Lipinski definition) is 1. The Balaban J connectivity index is 2.66. The van der Waals surface area contributed by atoms with E-state index in [9.17, 15) is 4.79 Å². The van der Waals surface area contributed by atoms with Crippen LogP contribution in [0.4, 0.5) is 0 Å². The Kier molecular flexibility index (Phi) is 2.44. The summed E-state index contributed by atoms with van der Waals surface area (Å²) in [6.45, 7) is 4.07. The predicted octanol–water partition coefficient (Wildman–Crippen LogP) is 2.12. The molecular formula is C12H17NO. The molecule has 0 unspecified atom stereocenters. The normalized spacial score (nSPS) is 15.3. The van der Waals surface area contributed by atoms with E-state index in [2.05, 4.69) is 11.9 Å². The van der Waals surface area contributed by atoms with Crippen LogP contribution in [0.25, 0.3) is 0 Å². The summed E-state index contributed by atoms with van der Waals surface area (Å²) in [5.74, 6) is 0. The molecule has 1 aromatic heterocycles. The lowest BCUT2D eigenvalue weighted by atomic mass is 9.89. The van der Waals surface area contributed by atoms with Crippen LogP contribution in [-0.2, 0) is 19.3 Å². The third kappa shape index (κ3) is 1.39. The molecular weight excluding hydrogens is 174 g/mol. The Morgan fingerprint density at radius 3 is 2.71 bits per heavy atom. The molecule has 1 heterocycles. The first-order valence-corrected chi connectivity index (χ1v) is 5.47. The van der Waals surface area contributed by atoms with Gasteiger partial charge in [0.2, 0.25) is 0 Å². The van der Waals surface area contributed by atoms with Gasteiger partial charge in [0.15, 0.2) is 0 Å². The van der Waals surface area contributed by atoms with Crippen molar-refractivity contribution in [3.63, 3.8) is 0 Å². The molecule has 0 atom stereocenters. The average Bonchev–Trinajstić information content (AvgIpc) is 2.20. The molecule has 2 nitrogen and oxygen atoms in total. The molecule has 2 heteroatoms. The largest absolute Gasteiger partial charge is 0.326 e. The summed E-state index contributed by atoms with van der Waals surface area (Å²) in [6.07, 6.45) is 5.67. The Morgan fingerprint density at radius 1 is 1.29 bits per heavy atom. The van der Waals surface area contributed by atoms with Gasteiger partial charge in [-0.1, -0.05) is 6.92 Å². The van der Waals surface area contributed by atoms with Gasteiger partial charge in [-0.25, -0.2) is 0 Å². The van der Waals surface area contributed by atoms with Gasteiger partial charge in [0.25, 0.3) is 5.56 Å². The van der Waals surface area contributed by atoms with E-state index in [1.165, 1.54) is 29.7 Å². The van der Waals surface area contributed by atoms with Crippen LogP contribution < -0.4 is 5.56 Å². The van der Waals surface area contributed by atoms with Gasteiger partial charge in [0.05, 0.1) is 0 Å². The van der Waals surface area contributed by atoms with Gasteiger partial charge < -0.3 is 4.98 Å². The van der Waals surface area contributed by atoms with Crippen molar-refractivity contribution in [2.45, 2.75) is 46.0 Å². The fourth-order valence-electron chi connectivity index (χ4n) is 2.45. The number of H-pyrrole nitrogens is 1. The highest BCUT2D eigenvalue weighted by Crippen LogP contribution is 2.23. The quantitative estimate of drug-likeness (QED) is 0.724. The second kappa shape index (κ2) is 3.60. The molecule has 0 fully saturated rings. The maximum atomic E-state index is 11.6. The molecule has 0 amide bonds. The van der Waals surface area contributed by atoms with Gasteiger partial charge >= 0.3 is 0 Å². The molecule has 0 bridgehead atoms. The highest BCUT2D eigenvalue weighted by molar-refractivity contribution is 5.37. The molecule has 2 rings (SSSR count). The number of rotatable bonds is 1. The molecule has 1 aliphatic carbocycles. The summed E-state index contributed by atoms with van der Waals surface area (Å²) in [7, 11) is 0. The molecule has 76 valence electrons. The minimum Gasteiger partial charge on any atom is -0.326 e. The van der Waals surface area contributed by atoms with Crippen LogP contribution in [0.3, 0.4) is 0 Å². The molecule has 0 saturated heterocycles. The van der Waals surface area contributed by atoms with Crippen LogP contribution in [0.15, 0.2) is 4.79 Å². The molecule has 0 spiro atoms. The van der Waals surface area contributed by atoms with Crippen molar-refractivity contribution in [3.8, 4) is 0 Å². The summed E-state index contributed by atoms with van der Waals surface area (Å²) in [4.78, 5) is 14.6. The zero-order chi connectivity index (χ0) is 10.1. The third-order valence-corrected chi connectivity index (χ3v) is 3.24. The van der Waals surface area contributed by atoms with Crippen LogP contribution >= 0.6 is 0 Å². The minimum atomic E-state index is 0.113. The topological polar surface area (TPSA) is 32.9 Å². The standard InChI is InChI=1S/C12H17NO/c1-3-9-8(2)12(14)13-11-7-5-4-6-10(9)11/h3-7H2,1-2H3,(H,13,14). The van der Waals surface area contributed by atoms with E-state index in [0.717, 1.165) is 24.8 Å². The Labute approximate surface area is 84.4 Å². The minimum absolute atomic E-state index is 0.113. The van der Waals surface area contributed by atoms with Crippen LogP contribution in [0, 0.1) is 6.92 Å². The molecule has 1 aliphatic rings. The number of aromatic amines is 1. The lowest BCUT2D eigenvalue weighted by Crippen LogP contribution is -2.20. The van der Waals surface area contributed by atoms with Crippen molar-refractivity contribution < 1.29 is 0 Å². The van der Waals surface area contributed by atoms with Gasteiger partial charge in [-0.15, -0.1) is 0 Å². The fraction of sp³-hybridized carbons (Fsp3) is 0.583. The molecule has 14 heavy (non-hydrogen) atoms. The van der Waals surface area contributed by atoms with Crippen molar-refractivity contribution in [1.82, 2.24) is 4.98 Å². The number of aryl methyl sites for hydroxylation is 1. The zero-order valence-corrected chi connectivity index (χ0v) is 8.94. The highest BCUT2D eigenvalue weighted by atomic mass is 16.1. The third-order valence-electron chi connectivity index (χ3n) is 3.24. The Morgan fingerprint density at radius 2 is 2.00 bits per heavy atom. The molecule has 0 radical (unpaired) electrons. The van der Waals surface area contributed by atoms with E-state index in [0.29, 0.717) is 0 Å². The number of hydrogen-bond donors (Lipinski definition) is 1. The lowest BCUT2D eigenvalue weighted by Gasteiger charge is -2.19. The van der Waals surface area contributed by atoms with Gasteiger partial charge in [0.1, 0.15) is 0 Å². The predicted molar refractivity (Wildman–Crippen MR) is 57.8 cm³/mol. The number of pyridine rings is 1. The smallest absolute Gasteiger partial charge is 0.251 e. The molecule has 0 aromatic carbocycles. The summed E-state index contributed by atoms with van der Waals surface area (Å²) in [6, 6.07) is 0. The Hall–Kier alpha value is -1.05. The molecule has 0 aliphatic heterocycles. The van der Waals surface area contributed by atoms with Gasteiger partial charge in [-0.3, -0.25) is 4.79 Å². The van der Waals surface area contributed by atoms with E-state index in [1.807, 2.05) is 6.92 Å². The van der Waals surface area contributed by atoms with Crippen molar-refractivity contribution in [2.75, 3.05) is 0 Å². The maximum Gasteiger partial charge on any atom is 0.251 e. The van der Waals surface area contributed by atoms with Crippen molar-refractivity contribution in [3.05, 3.63) is 32.7 Å². The molecule has 0 saturated carbocycles. The summed E-state index contributed by atoms with van der Waals surface area (Å²) >= 11 is 0. The van der Waals surface area contributed by atoms with E-state index < -0.39 is 0 Å². The molecule has 1 aromatic rings. The maximum absolute atomic E-state index is 11.6. The van der Waals surface area contributed by atoms with Crippen LogP contribution in [0.5, 0.6) is 0 Å². The average molecular weight is 191 g/mol. The van der Waals surface area contributed by atoms with Crippen molar-refractivity contribution in [1.29, 1.82) is 0 Å². The van der Waals surface area contributed by atoms with Crippen LogP contribution in [-0.4, -0.2) is 4.98 Å². The zero-order valence-electron chi connectivity index (χ0n) is 8.94. The first kappa shape index (κ1) is 9.50. The first-order valence-electron chi connectivity index (χ1n) is 5.47. The van der Waals surface area contributed by atoms with E-state index >= 15 is 0 Å². The van der Waals surface area contributed by atoms with Crippen molar-refractivity contribution >= 4 is 0 Å². The lowest BCUT2D eigenvalue weighted by molar-refractivity contribution is 0.656. The van der Waals surface area contributed by atoms with Gasteiger partial charge in [-0.05, 0) is 50.2 Å². The molecule has 1 N–H and O–H groups in total. The van der Waals surface area contributed by atoms with Crippen molar-refractivity contribution in [2.24, 2.45) is 0 Å². The number of nitrogens with one attached hydrogen (secondary N) is 1. The summed E-state index contributed by atoms with van der Waals surface area (Å²) in [5, 5.41) is 0. The fourth-order valence-corrected chi connectivity index (χ4v) is 2.45. The van der Waals surface area contributed by atoms with E-state index in [-0.39, 0.29) is 5.56 Å². The SMILES string of the molecule is CCc1c2c([nH]c(=O)c1C)CCCC2. The van der Waals surface area contributed by atoms with Gasteiger partial charge in [-0.2, -0.15) is 0 Å². The van der Waals surface area contributed by atoms with E-state index in [1.54, 1.807) is 0 Å². The van der Waals surface area contributed by atoms with Crippen LogP contribution in [0.2, 0.25) is 0 Å². The Bertz CT molecular complexity index is 404. The second-order valence-corrected chi connectivity index (χ2v) is 4.08. The first-order chi connectivity index (χ1) is 6.74.